The molecule has 0 aliphatic heterocycles. The molecule has 2 aromatic rings. The smallest absolute Gasteiger partial charge is 0.223 e. The van der Waals surface area contributed by atoms with Gasteiger partial charge in [0.05, 0.1) is 0 Å². The Bertz CT molecular complexity index is 618. The molecule has 5 heteroatoms. The number of aryl methyl sites for hydroxylation is 2. The monoisotopic (exact) mass is 298 g/mol. The second-order valence-electron chi connectivity index (χ2n) is 5.82. The topological polar surface area (TPSA) is 59.9 Å². The van der Waals surface area contributed by atoms with Gasteiger partial charge in [-0.25, -0.2) is 15.0 Å². The number of aromatic nitrogens is 3. The predicted molar refractivity (Wildman–Crippen MR) is 86.0 cm³/mol. The first-order valence-electron chi connectivity index (χ1n) is 7.87. The molecule has 0 aromatic carbocycles. The van der Waals surface area contributed by atoms with E-state index in [0.29, 0.717) is 18.6 Å². The van der Waals surface area contributed by atoms with Crippen LogP contribution in [0.25, 0.3) is 0 Å². The van der Waals surface area contributed by atoms with Gasteiger partial charge in [-0.1, -0.05) is 6.07 Å². The maximum atomic E-state index is 6.05. The number of hydrogen-bond donors (Lipinski definition) is 1. The van der Waals surface area contributed by atoms with Crippen LogP contribution in [0.4, 0.5) is 5.95 Å². The Balaban J connectivity index is 1.69. The summed E-state index contributed by atoms with van der Waals surface area (Å²) < 4.78 is 6.05. The molecule has 5 nitrogen and oxygen atoms in total. The molecule has 0 amide bonds. The van der Waals surface area contributed by atoms with Crippen molar-refractivity contribution < 1.29 is 4.74 Å². The van der Waals surface area contributed by atoms with Crippen LogP contribution in [0.3, 0.4) is 0 Å². The van der Waals surface area contributed by atoms with Crippen LogP contribution in [0.2, 0.25) is 0 Å². The van der Waals surface area contributed by atoms with Gasteiger partial charge >= 0.3 is 0 Å². The molecule has 1 N–H and O–H groups in total. The number of rotatable bonds is 5. The molecule has 1 saturated carbocycles. The largest absolute Gasteiger partial charge is 0.474 e. The maximum absolute atomic E-state index is 6.05. The molecule has 0 unspecified atom stereocenters. The fourth-order valence-corrected chi connectivity index (χ4v) is 2.81. The maximum Gasteiger partial charge on any atom is 0.223 e. The van der Waals surface area contributed by atoms with Crippen LogP contribution in [0.15, 0.2) is 24.4 Å². The van der Waals surface area contributed by atoms with Crippen molar-refractivity contribution in [2.75, 3.05) is 5.32 Å². The predicted octanol–water partition coefficient (Wildman–Crippen LogP) is 3.42. The average Bonchev–Trinajstić information content (AvgIpc) is 2.98. The highest BCUT2D eigenvalue weighted by atomic mass is 16.5. The molecule has 1 aliphatic carbocycles. The number of hydrogen-bond acceptors (Lipinski definition) is 5. The summed E-state index contributed by atoms with van der Waals surface area (Å²) in [4.78, 5) is 13.2. The Morgan fingerprint density at radius 2 is 1.91 bits per heavy atom. The fourth-order valence-electron chi connectivity index (χ4n) is 2.81. The molecule has 22 heavy (non-hydrogen) atoms. The normalized spacial score (nSPS) is 15.0. The lowest BCUT2D eigenvalue weighted by Gasteiger charge is -2.15. The standard InChI is InChI=1S/C17H22N4O/c1-12-10-13(2)21-17(20-12)19-11-14-6-5-9-18-16(14)22-15-7-3-4-8-15/h5-6,9-10,15H,3-4,7-8,11H2,1-2H3,(H,19,20,21). The van der Waals surface area contributed by atoms with E-state index in [1.54, 1.807) is 6.20 Å². The second kappa shape index (κ2) is 6.73. The van der Waals surface area contributed by atoms with E-state index in [4.69, 9.17) is 4.74 Å². The van der Waals surface area contributed by atoms with E-state index in [1.165, 1.54) is 12.8 Å². The summed E-state index contributed by atoms with van der Waals surface area (Å²) in [5.74, 6) is 1.37. The third-order valence-electron chi connectivity index (χ3n) is 3.85. The van der Waals surface area contributed by atoms with Crippen molar-refractivity contribution in [1.29, 1.82) is 0 Å². The van der Waals surface area contributed by atoms with Gasteiger partial charge in [-0.3, -0.25) is 0 Å². The number of ether oxygens (including phenoxy) is 1. The van der Waals surface area contributed by atoms with Gasteiger partial charge in [0, 0.05) is 29.7 Å². The van der Waals surface area contributed by atoms with Crippen molar-refractivity contribution in [3.05, 3.63) is 41.3 Å². The molecular weight excluding hydrogens is 276 g/mol. The summed E-state index contributed by atoms with van der Waals surface area (Å²) in [6, 6.07) is 5.93. The zero-order valence-corrected chi connectivity index (χ0v) is 13.2. The van der Waals surface area contributed by atoms with Crippen LogP contribution in [0.1, 0.15) is 42.6 Å². The molecule has 0 spiro atoms. The van der Waals surface area contributed by atoms with E-state index in [9.17, 15) is 0 Å². The van der Waals surface area contributed by atoms with E-state index in [2.05, 4.69) is 20.3 Å². The first kappa shape index (κ1) is 14.8. The molecule has 116 valence electrons. The van der Waals surface area contributed by atoms with Crippen LogP contribution in [0.5, 0.6) is 5.88 Å². The lowest BCUT2D eigenvalue weighted by atomic mass is 10.2. The van der Waals surface area contributed by atoms with E-state index in [0.717, 1.165) is 35.7 Å². The average molecular weight is 298 g/mol. The quantitative estimate of drug-likeness (QED) is 0.916. The lowest BCUT2D eigenvalue weighted by Crippen LogP contribution is -2.14. The Morgan fingerprint density at radius 3 is 2.64 bits per heavy atom. The number of anilines is 1. The van der Waals surface area contributed by atoms with Gasteiger partial charge in [0.1, 0.15) is 6.10 Å². The van der Waals surface area contributed by atoms with Crippen LogP contribution in [-0.2, 0) is 6.54 Å². The van der Waals surface area contributed by atoms with Crippen LogP contribution in [-0.4, -0.2) is 21.1 Å². The number of nitrogens with one attached hydrogen (secondary N) is 1. The van der Waals surface area contributed by atoms with Crippen molar-refractivity contribution in [1.82, 2.24) is 15.0 Å². The molecule has 2 heterocycles. The minimum absolute atomic E-state index is 0.311. The highest BCUT2D eigenvalue weighted by molar-refractivity contribution is 5.33. The summed E-state index contributed by atoms with van der Waals surface area (Å²) in [7, 11) is 0. The molecule has 2 aromatic heterocycles. The van der Waals surface area contributed by atoms with E-state index in [-0.39, 0.29) is 0 Å². The molecule has 0 atom stereocenters. The van der Waals surface area contributed by atoms with Crippen molar-refractivity contribution >= 4 is 5.95 Å². The third-order valence-corrected chi connectivity index (χ3v) is 3.85. The highest BCUT2D eigenvalue weighted by Crippen LogP contribution is 2.25. The minimum Gasteiger partial charge on any atom is -0.474 e. The Hall–Kier alpha value is -2.17. The Morgan fingerprint density at radius 1 is 1.18 bits per heavy atom. The highest BCUT2D eigenvalue weighted by Gasteiger charge is 2.18. The zero-order chi connectivity index (χ0) is 15.4. The molecule has 0 bridgehead atoms. The van der Waals surface area contributed by atoms with Crippen molar-refractivity contribution in [3.63, 3.8) is 0 Å². The van der Waals surface area contributed by atoms with Crippen LogP contribution in [0, 0.1) is 13.8 Å². The Labute approximate surface area is 131 Å². The van der Waals surface area contributed by atoms with Gasteiger partial charge in [-0.15, -0.1) is 0 Å². The molecule has 1 aliphatic rings. The first-order valence-corrected chi connectivity index (χ1v) is 7.87. The minimum atomic E-state index is 0.311. The lowest BCUT2D eigenvalue weighted by molar-refractivity contribution is 0.199. The van der Waals surface area contributed by atoms with E-state index < -0.39 is 0 Å². The summed E-state index contributed by atoms with van der Waals surface area (Å²) in [6.07, 6.45) is 6.85. The summed E-state index contributed by atoms with van der Waals surface area (Å²) in [5.41, 5.74) is 2.96. The SMILES string of the molecule is Cc1cc(C)nc(NCc2cccnc2OC2CCCC2)n1. The van der Waals surface area contributed by atoms with Gasteiger partial charge < -0.3 is 10.1 Å². The van der Waals surface area contributed by atoms with Crippen LogP contribution < -0.4 is 10.1 Å². The second-order valence-corrected chi connectivity index (χ2v) is 5.82. The molecule has 3 rings (SSSR count). The third kappa shape index (κ3) is 3.72. The van der Waals surface area contributed by atoms with Crippen molar-refractivity contribution in [2.24, 2.45) is 0 Å². The van der Waals surface area contributed by atoms with Gasteiger partial charge in [0.2, 0.25) is 11.8 Å². The van der Waals surface area contributed by atoms with Gasteiger partial charge in [0.15, 0.2) is 0 Å². The summed E-state index contributed by atoms with van der Waals surface area (Å²) in [5, 5.41) is 3.27. The van der Waals surface area contributed by atoms with E-state index >= 15 is 0 Å². The number of pyridine rings is 1. The summed E-state index contributed by atoms with van der Waals surface area (Å²) >= 11 is 0. The van der Waals surface area contributed by atoms with Gasteiger partial charge in [0.25, 0.3) is 0 Å². The first-order chi connectivity index (χ1) is 10.7. The van der Waals surface area contributed by atoms with Crippen LogP contribution >= 0.6 is 0 Å². The fraction of sp³-hybridized carbons (Fsp3) is 0.471. The van der Waals surface area contributed by atoms with Crippen molar-refractivity contribution in [3.8, 4) is 5.88 Å². The summed E-state index contributed by atoms with van der Waals surface area (Å²) in [6.45, 7) is 4.55. The van der Waals surface area contributed by atoms with Gasteiger partial charge in [-0.2, -0.15) is 0 Å². The molecule has 1 fully saturated rings. The Kier molecular flexibility index (Phi) is 4.51. The van der Waals surface area contributed by atoms with E-state index in [1.807, 2.05) is 32.0 Å². The molecular formula is C17H22N4O. The van der Waals surface area contributed by atoms with Crippen molar-refractivity contribution in [2.45, 2.75) is 52.2 Å². The molecule has 0 radical (unpaired) electrons. The van der Waals surface area contributed by atoms with Gasteiger partial charge in [-0.05, 0) is 51.7 Å². The molecule has 0 saturated heterocycles. The number of nitrogens with zero attached hydrogens (tertiary/aromatic N) is 3. The zero-order valence-electron chi connectivity index (χ0n) is 13.2.